The fraction of sp³-hybridized carbons (Fsp3) is 0.250. The standard InChI is InChI=1S/C20H24N4O2S/c1-15-4-8-17(9-5-15)22-19(25)13-27-14-20(26)23-21-12-16-6-10-18(11-7-16)24(2)3/h4-12H,13-14H2,1-3H3,(H,22,25)(H,23,26). The predicted octanol–water partition coefficient (Wildman–Crippen LogP) is 2.88. The number of hydrogen-bond acceptors (Lipinski definition) is 5. The summed E-state index contributed by atoms with van der Waals surface area (Å²) in [6.45, 7) is 1.99. The van der Waals surface area contributed by atoms with Gasteiger partial charge in [0.15, 0.2) is 0 Å². The minimum Gasteiger partial charge on any atom is -0.378 e. The van der Waals surface area contributed by atoms with Crippen LogP contribution in [0.25, 0.3) is 0 Å². The van der Waals surface area contributed by atoms with E-state index in [1.165, 1.54) is 11.8 Å². The summed E-state index contributed by atoms with van der Waals surface area (Å²) < 4.78 is 0. The summed E-state index contributed by atoms with van der Waals surface area (Å²) in [5.74, 6) is -0.0136. The van der Waals surface area contributed by atoms with Gasteiger partial charge in [0, 0.05) is 25.5 Å². The number of hydrogen-bond donors (Lipinski definition) is 2. The molecular formula is C20H24N4O2S. The van der Waals surface area contributed by atoms with Gasteiger partial charge in [0.1, 0.15) is 0 Å². The lowest BCUT2D eigenvalue weighted by molar-refractivity contribution is -0.118. The fourth-order valence-electron chi connectivity index (χ4n) is 2.14. The molecule has 7 heteroatoms. The van der Waals surface area contributed by atoms with E-state index in [0.29, 0.717) is 0 Å². The maximum Gasteiger partial charge on any atom is 0.250 e. The van der Waals surface area contributed by atoms with Crippen molar-refractivity contribution in [3.63, 3.8) is 0 Å². The van der Waals surface area contributed by atoms with Crippen LogP contribution in [0, 0.1) is 6.92 Å². The van der Waals surface area contributed by atoms with Gasteiger partial charge < -0.3 is 10.2 Å². The number of nitrogens with zero attached hydrogens (tertiary/aromatic N) is 2. The van der Waals surface area contributed by atoms with Crippen LogP contribution in [-0.2, 0) is 9.59 Å². The second-order valence-electron chi connectivity index (χ2n) is 6.19. The molecule has 6 nitrogen and oxygen atoms in total. The van der Waals surface area contributed by atoms with E-state index in [4.69, 9.17) is 0 Å². The van der Waals surface area contributed by atoms with Gasteiger partial charge in [-0.15, -0.1) is 11.8 Å². The van der Waals surface area contributed by atoms with E-state index < -0.39 is 0 Å². The molecule has 0 aliphatic carbocycles. The topological polar surface area (TPSA) is 73.8 Å². The molecular weight excluding hydrogens is 360 g/mol. The number of anilines is 2. The first kappa shape index (κ1) is 20.5. The number of amides is 2. The molecule has 0 atom stereocenters. The number of carbonyl (C=O) groups excluding carboxylic acids is 2. The molecule has 0 spiro atoms. The van der Waals surface area contributed by atoms with Gasteiger partial charge in [0.2, 0.25) is 11.8 Å². The van der Waals surface area contributed by atoms with Crippen molar-refractivity contribution < 1.29 is 9.59 Å². The second kappa shape index (κ2) is 10.4. The number of benzene rings is 2. The third kappa shape index (κ3) is 7.53. The number of carbonyl (C=O) groups is 2. The molecule has 2 rings (SSSR count). The van der Waals surface area contributed by atoms with Gasteiger partial charge in [-0.05, 0) is 36.8 Å². The SMILES string of the molecule is Cc1ccc(NC(=O)CSCC(=O)NN=Cc2ccc(N(C)C)cc2)cc1. The van der Waals surface area contributed by atoms with Crippen molar-refractivity contribution in [1.82, 2.24) is 5.43 Å². The maximum atomic E-state index is 11.9. The van der Waals surface area contributed by atoms with Crippen molar-refractivity contribution in [2.24, 2.45) is 5.10 Å². The number of hydrazone groups is 1. The summed E-state index contributed by atoms with van der Waals surface area (Å²) in [5, 5.41) is 6.73. The van der Waals surface area contributed by atoms with Crippen molar-refractivity contribution in [1.29, 1.82) is 0 Å². The van der Waals surface area contributed by atoms with Crippen molar-refractivity contribution >= 4 is 41.2 Å². The number of thioether (sulfide) groups is 1. The highest BCUT2D eigenvalue weighted by molar-refractivity contribution is 8.00. The lowest BCUT2D eigenvalue weighted by atomic mass is 10.2. The molecule has 0 heterocycles. The third-order valence-corrected chi connectivity index (χ3v) is 4.55. The minimum absolute atomic E-state index is 0.138. The van der Waals surface area contributed by atoms with E-state index in [-0.39, 0.29) is 23.3 Å². The molecule has 0 unspecified atom stereocenters. The summed E-state index contributed by atoms with van der Waals surface area (Å²) in [6, 6.07) is 15.4. The normalized spacial score (nSPS) is 10.6. The summed E-state index contributed by atoms with van der Waals surface area (Å²) in [4.78, 5) is 25.6. The van der Waals surface area contributed by atoms with E-state index in [2.05, 4.69) is 15.8 Å². The Morgan fingerprint density at radius 1 is 1.00 bits per heavy atom. The van der Waals surface area contributed by atoms with Crippen LogP contribution in [0.1, 0.15) is 11.1 Å². The van der Waals surface area contributed by atoms with Crippen molar-refractivity contribution in [3.05, 3.63) is 59.7 Å². The Morgan fingerprint density at radius 3 is 2.26 bits per heavy atom. The number of aryl methyl sites for hydroxylation is 1. The molecule has 27 heavy (non-hydrogen) atoms. The Kier molecular flexibility index (Phi) is 7.88. The first-order valence-electron chi connectivity index (χ1n) is 8.47. The molecule has 0 aromatic heterocycles. The maximum absolute atomic E-state index is 11.9. The summed E-state index contributed by atoms with van der Waals surface area (Å²) in [6.07, 6.45) is 1.59. The highest BCUT2D eigenvalue weighted by Crippen LogP contribution is 2.11. The highest BCUT2D eigenvalue weighted by atomic mass is 32.2. The number of nitrogens with one attached hydrogen (secondary N) is 2. The zero-order chi connectivity index (χ0) is 19.6. The fourth-order valence-corrected chi connectivity index (χ4v) is 2.75. The molecule has 0 saturated carbocycles. The van der Waals surface area contributed by atoms with Crippen molar-refractivity contribution in [2.75, 3.05) is 35.8 Å². The molecule has 0 aliphatic heterocycles. The Bertz CT molecular complexity index is 787. The minimum atomic E-state index is -0.246. The molecule has 0 fully saturated rings. The van der Waals surface area contributed by atoms with Crippen LogP contribution in [0.5, 0.6) is 0 Å². The average Bonchev–Trinajstić information content (AvgIpc) is 2.64. The number of rotatable bonds is 8. The lowest BCUT2D eigenvalue weighted by Gasteiger charge is -2.11. The van der Waals surface area contributed by atoms with E-state index in [1.54, 1.807) is 6.21 Å². The lowest BCUT2D eigenvalue weighted by Crippen LogP contribution is -2.21. The Morgan fingerprint density at radius 2 is 1.63 bits per heavy atom. The third-order valence-electron chi connectivity index (χ3n) is 3.61. The zero-order valence-corrected chi connectivity index (χ0v) is 16.5. The predicted molar refractivity (Wildman–Crippen MR) is 114 cm³/mol. The second-order valence-corrected chi connectivity index (χ2v) is 7.17. The van der Waals surface area contributed by atoms with Gasteiger partial charge in [0.05, 0.1) is 17.7 Å². The van der Waals surface area contributed by atoms with Gasteiger partial charge in [-0.25, -0.2) is 5.43 Å². The van der Waals surface area contributed by atoms with Gasteiger partial charge >= 0.3 is 0 Å². The molecule has 142 valence electrons. The van der Waals surface area contributed by atoms with Gasteiger partial charge in [-0.1, -0.05) is 29.8 Å². The van der Waals surface area contributed by atoms with Crippen LogP contribution in [0.2, 0.25) is 0 Å². The molecule has 2 N–H and O–H groups in total. The zero-order valence-electron chi connectivity index (χ0n) is 15.7. The van der Waals surface area contributed by atoms with Gasteiger partial charge in [0.25, 0.3) is 0 Å². The van der Waals surface area contributed by atoms with Crippen LogP contribution >= 0.6 is 11.8 Å². The monoisotopic (exact) mass is 384 g/mol. The average molecular weight is 385 g/mol. The molecule has 0 radical (unpaired) electrons. The van der Waals surface area contributed by atoms with Gasteiger partial charge in [-0.2, -0.15) is 5.10 Å². The van der Waals surface area contributed by atoms with E-state index >= 15 is 0 Å². The van der Waals surface area contributed by atoms with Crippen LogP contribution < -0.4 is 15.6 Å². The van der Waals surface area contributed by atoms with E-state index in [9.17, 15) is 9.59 Å². The summed E-state index contributed by atoms with van der Waals surface area (Å²) >= 11 is 1.24. The molecule has 0 saturated heterocycles. The van der Waals surface area contributed by atoms with Crippen molar-refractivity contribution in [2.45, 2.75) is 6.92 Å². The van der Waals surface area contributed by atoms with Crippen molar-refractivity contribution in [3.8, 4) is 0 Å². The highest BCUT2D eigenvalue weighted by Gasteiger charge is 2.05. The Balaban J connectivity index is 1.66. The van der Waals surface area contributed by atoms with Crippen LogP contribution in [0.4, 0.5) is 11.4 Å². The quantitative estimate of drug-likeness (QED) is 0.542. The Hall–Kier alpha value is -2.80. The smallest absolute Gasteiger partial charge is 0.250 e. The molecule has 2 amide bonds. The summed E-state index contributed by atoms with van der Waals surface area (Å²) in [5.41, 5.74) is 6.34. The Labute approximate surface area is 164 Å². The molecule has 2 aromatic carbocycles. The molecule has 0 bridgehead atoms. The first-order chi connectivity index (χ1) is 12.9. The largest absolute Gasteiger partial charge is 0.378 e. The van der Waals surface area contributed by atoms with Crippen LogP contribution in [-0.4, -0.2) is 43.6 Å². The van der Waals surface area contributed by atoms with Gasteiger partial charge in [-0.3, -0.25) is 9.59 Å². The summed E-state index contributed by atoms with van der Waals surface area (Å²) in [7, 11) is 3.95. The van der Waals surface area contributed by atoms with E-state index in [0.717, 1.165) is 22.5 Å². The van der Waals surface area contributed by atoms with Crippen LogP contribution in [0.3, 0.4) is 0 Å². The van der Waals surface area contributed by atoms with E-state index in [1.807, 2.05) is 74.4 Å². The molecule has 0 aliphatic rings. The first-order valence-corrected chi connectivity index (χ1v) is 9.63. The molecule has 2 aromatic rings. The van der Waals surface area contributed by atoms with Crippen LogP contribution in [0.15, 0.2) is 53.6 Å².